The zero-order chi connectivity index (χ0) is 12.1. The summed E-state index contributed by atoms with van der Waals surface area (Å²) < 4.78 is 0. The summed E-state index contributed by atoms with van der Waals surface area (Å²) in [5, 5.41) is 13.0. The van der Waals surface area contributed by atoms with Gasteiger partial charge in [-0.1, -0.05) is 13.3 Å². The molecule has 0 saturated heterocycles. The quantitative estimate of drug-likeness (QED) is 0.706. The van der Waals surface area contributed by atoms with Gasteiger partial charge in [-0.25, -0.2) is 9.78 Å². The van der Waals surface area contributed by atoms with Crippen molar-refractivity contribution in [1.82, 2.24) is 10.3 Å². The lowest BCUT2D eigenvalue weighted by atomic mass is 10.1. The highest BCUT2D eigenvalue weighted by atomic mass is 32.1. The monoisotopic (exact) mass is 243 g/mol. The Labute approximate surface area is 96.5 Å². The summed E-state index contributed by atoms with van der Waals surface area (Å²) in [6.07, 6.45) is 1.07. The molecule has 0 aliphatic heterocycles. The van der Waals surface area contributed by atoms with Crippen LogP contribution in [0, 0.1) is 0 Å². The average Bonchev–Trinajstić information content (AvgIpc) is 2.64. The van der Waals surface area contributed by atoms with E-state index in [0.717, 1.165) is 11.3 Å². The zero-order valence-electron chi connectivity index (χ0n) is 8.77. The second-order valence-corrected chi connectivity index (χ2v) is 4.11. The lowest BCUT2D eigenvalue weighted by molar-refractivity contribution is -0.139. The van der Waals surface area contributed by atoms with E-state index in [-0.39, 0.29) is 10.8 Å². The summed E-state index contributed by atoms with van der Waals surface area (Å²) in [5.41, 5.74) is 5.53. The van der Waals surface area contributed by atoms with Gasteiger partial charge >= 0.3 is 5.97 Å². The Bertz CT molecular complexity index is 391. The minimum Gasteiger partial charge on any atom is -0.480 e. The minimum atomic E-state index is -1.04. The van der Waals surface area contributed by atoms with E-state index in [0.29, 0.717) is 12.8 Å². The van der Waals surface area contributed by atoms with Crippen molar-refractivity contribution >= 4 is 28.3 Å². The van der Waals surface area contributed by atoms with Crippen molar-refractivity contribution in [2.24, 2.45) is 0 Å². The summed E-state index contributed by atoms with van der Waals surface area (Å²) in [4.78, 5) is 26.1. The topological polar surface area (TPSA) is 105 Å². The lowest BCUT2D eigenvalue weighted by Gasteiger charge is -2.12. The standard InChI is InChI=1S/C9H13N3O3S/c1-2-3-5(8(14)15)11-7(13)6-4-16-9(10)12-6/h4-5H,2-3H2,1H3,(H2,10,12)(H,11,13)(H,14,15)/t5-/m0/s1. The summed E-state index contributed by atoms with van der Waals surface area (Å²) in [6.45, 7) is 1.85. The Hall–Kier alpha value is -1.63. The average molecular weight is 243 g/mol. The number of nitrogens with one attached hydrogen (secondary N) is 1. The van der Waals surface area contributed by atoms with Gasteiger partial charge < -0.3 is 16.2 Å². The fraction of sp³-hybridized carbons (Fsp3) is 0.444. The summed E-state index contributed by atoms with van der Waals surface area (Å²) in [7, 11) is 0. The van der Waals surface area contributed by atoms with Crippen molar-refractivity contribution in [1.29, 1.82) is 0 Å². The van der Waals surface area contributed by atoms with Gasteiger partial charge in [0.15, 0.2) is 5.13 Å². The second-order valence-electron chi connectivity index (χ2n) is 3.22. The molecule has 4 N–H and O–H groups in total. The number of nitrogens with two attached hydrogens (primary N) is 1. The number of carbonyl (C=O) groups excluding carboxylic acids is 1. The van der Waals surface area contributed by atoms with Crippen LogP contribution in [0.15, 0.2) is 5.38 Å². The number of nitrogen functional groups attached to an aromatic ring is 1. The SMILES string of the molecule is CCC[C@H](NC(=O)c1csc(N)n1)C(=O)O. The Morgan fingerprint density at radius 2 is 2.38 bits per heavy atom. The first-order valence-electron chi connectivity index (χ1n) is 4.79. The molecule has 88 valence electrons. The van der Waals surface area contributed by atoms with Crippen molar-refractivity contribution in [3.63, 3.8) is 0 Å². The lowest BCUT2D eigenvalue weighted by Crippen LogP contribution is -2.40. The van der Waals surface area contributed by atoms with E-state index in [1.54, 1.807) is 0 Å². The molecule has 1 heterocycles. The van der Waals surface area contributed by atoms with E-state index in [9.17, 15) is 9.59 Å². The molecule has 0 aromatic carbocycles. The van der Waals surface area contributed by atoms with Crippen molar-refractivity contribution in [2.75, 3.05) is 5.73 Å². The van der Waals surface area contributed by atoms with Gasteiger partial charge in [0.05, 0.1) is 0 Å². The van der Waals surface area contributed by atoms with Crippen LogP contribution >= 0.6 is 11.3 Å². The number of aliphatic carboxylic acids is 1. The molecule has 0 unspecified atom stereocenters. The summed E-state index contributed by atoms with van der Waals surface area (Å²) in [6, 6.07) is -0.875. The van der Waals surface area contributed by atoms with Gasteiger partial charge in [-0.15, -0.1) is 11.3 Å². The molecule has 0 fully saturated rings. The Morgan fingerprint density at radius 1 is 1.69 bits per heavy atom. The molecule has 0 aliphatic rings. The third kappa shape index (κ3) is 3.20. The molecule has 0 spiro atoms. The number of anilines is 1. The van der Waals surface area contributed by atoms with Gasteiger partial charge in [-0.05, 0) is 6.42 Å². The van der Waals surface area contributed by atoms with Crippen molar-refractivity contribution in [3.05, 3.63) is 11.1 Å². The molecular weight excluding hydrogens is 230 g/mol. The fourth-order valence-corrected chi connectivity index (χ4v) is 1.71. The summed E-state index contributed by atoms with van der Waals surface area (Å²) >= 11 is 1.14. The van der Waals surface area contributed by atoms with Gasteiger partial charge in [0.1, 0.15) is 11.7 Å². The van der Waals surface area contributed by atoms with E-state index < -0.39 is 17.9 Å². The molecule has 1 aromatic heterocycles. The summed E-state index contributed by atoms with van der Waals surface area (Å²) in [5.74, 6) is -1.55. The van der Waals surface area contributed by atoms with Gasteiger partial charge in [0.2, 0.25) is 0 Å². The largest absolute Gasteiger partial charge is 0.480 e. The predicted octanol–water partition coefficient (Wildman–Crippen LogP) is 0.708. The van der Waals surface area contributed by atoms with E-state index >= 15 is 0 Å². The number of rotatable bonds is 5. The number of nitrogens with zero attached hydrogens (tertiary/aromatic N) is 1. The number of hydrogen-bond donors (Lipinski definition) is 3. The molecule has 0 saturated carbocycles. The van der Waals surface area contributed by atoms with Gasteiger partial charge in [0.25, 0.3) is 5.91 Å². The highest BCUT2D eigenvalue weighted by Crippen LogP contribution is 2.11. The predicted molar refractivity (Wildman–Crippen MR) is 60.3 cm³/mol. The van der Waals surface area contributed by atoms with E-state index in [2.05, 4.69) is 10.3 Å². The molecule has 6 nitrogen and oxygen atoms in total. The van der Waals surface area contributed by atoms with E-state index in [4.69, 9.17) is 10.8 Å². The van der Waals surface area contributed by atoms with Crippen LogP contribution in [-0.4, -0.2) is 28.0 Å². The van der Waals surface area contributed by atoms with Crippen molar-refractivity contribution < 1.29 is 14.7 Å². The Morgan fingerprint density at radius 3 is 2.81 bits per heavy atom. The normalized spacial score (nSPS) is 12.1. The third-order valence-electron chi connectivity index (χ3n) is 1.94. The Kier molecular flexibility index (Phi) is 4.24. The zero-order valence-corrected chi connectivity index (χ0v) is 9.58. The molecule has 1 amide bonds. The molecule has 0 bridgehead atoms. The first-order valence-corrected chi connectivity index (χ1v) is 5.67. The van der Waals surface area contributed by atoms with Gasteiger partial charge in [-0.3, -0.25) is 4.79 Å². The molecule has 0 aliphatic carbocycles. The molecule has 1 aromatic rings. The molecule has 7 heteroatoms. The van der Waals surface area contributed by atoms with Crippen molar-refractivity contribution in [2.45, 2.75) is 25.8 Å². The molecular formula is C9H13N3O3S. The molecule has 1 atom stereocenters. The highest BCUT2D eigenvalue weighted by Gasteiger charge is 2.20. The molecule has 16 heavy (non-hydrogen) atoms. The van der Waals surface area contributed by atoms with Crippen LogP contribution < -0.4 is 11.1 Å². The number of carboxylic acids is 1. The molecule has 1 rings (SSSR count). The van der Waals surface area contributed by atoms with Crippen LogP contribution in [0.25, 0.3) is 0 Å². The van der Waals surface area contributed by atoms with Crippen LogP contribution in [0.4, 0.5) is 5.13 Å². The number of amides is 1. The second kappa shape index (κ2) is 5.45. The van der Waals surface area contributed by atoms with Crippen LogP contribution in [-0.2, 0) is 4.79 Å². The number of hydrogen-bond acceptors (Lipinski definition) is 5. The maximum atomic E-state index is 11.6. The van der Waals surface area contributed by atoms with E-state index in [1.165, 1.54) is 5.38 Å². The third-order valence-corrected chi connectivity index (χ3v) is 2.61. The minimum absolute atomic E-state index is 0.157. The van der Waals surface area contributed by atoms with Gasteiger partial charge in [-0.2, -0.15) is 0 Å². The highest BCUT2D eigenvalue weighted by molar-refractivity contribution is 7.13. The van der Waals surface area contributed by atoms with E-state index in [1.807, 2.05) is 6.92 Å². The maximum Gasteiger partial charge on any atom is 0.326 e. The van der Waals surface area contributed by atoms with Gasteiger partial charge in [0, 0.05) is 5.38 Å². The van der Waals surface area contributed by atoms with Crippen LogP contribution in [0.3, 0.4) is 0 Å². The molecule has 0 radical (unpaired) electrons. The number of thiazole rings is 1. The van der Waals surface area contributed by atoms with Crippen molar-refractivity contribution in [3.8, 4) is 0 Å². The smallest absolute Gasteiger partial charge is 0.326 e. The first kappa shape index (κ1) is 12.4. The van der Waals surface area contributed by atoms with Crippen LogP contribution in [0.5, 0.6) is 0 Å². The Balaban J connectivity index is 2.65. The van der Waals surface area contributed by atoms with Crippen LogP contribution in [0.1, 0.15) is 30.3 Å². The maximum absolute atomic E-state index is 11.6. The number of aromatic nitrogens is 1. The fourth-order valence-electron chi connectivity index (χ4n) is 1.17. The first-order chi connectivity index (χ1) is 7.54. The van der Waals surface area contributed by atoms with Crippen LogP contribution in [0.2, 0.25) is 0 Å². The number of carboxylic acid groups (broad SMARTS) is 1. The number of carbonyl (C=O) groups is 2.